The average molecular weight is 181 g/mol. The highest BCUT2D eigenvalue weighted by atomic mass is 16.1. The van der Waals surface area contributed by atoms with Gasteiger partial charge in [-0.3, -0.25) is 4.79 Å². The molecule has 13 heavy (non-hydrogen) atoms. The summed E-state index contributed by atoms with van der Waals surface area (Å²) in [5.41, 5.74) is 0. The lowest BCUT2D eigenvalue weighted by molar-refractivity contribution is -0.120. The van der Waals surface area contributed by atoms with E-state index in [1.54, 1.807) is 6.92 Å². The third-order valence-corrected chi connectivity index (χ3v) is 3.86. The standard InChI is InChI=1S/C11H19NO/c1-3-9-4-8-5-10(9)11(6-8)12-7(2)13/h8-11H,3-6H2,1-2H3,(H,12,13)/t8-,9-,10-,11-/m1/s1. The fourth-order valence-electron chi connectivity index (χ4n) is 3.39. The van der Waals surface area contributed by atoms with Gasteiger partial charge in [-0.25, -0.2) is 0 Å². The second-order valence-corrected chi connectivity index (χ2v) is 4.71. The van der Waals surface area contributed by atoms with Crippen molar-refractivity contribution in [2.24, 2.45) is 17.8 Å². The van der Waals surface area contributed by atoms with Gasteiger partial charge in [0, 0.05) is 13.0 Å². The molecule has 0 spiro atoms. The predicted octanol–water partition coefficient (Wildman–Crippen LogP) is 1.95. The largest absolute Gasteiger partial charge is 0.353 e. The summed E-state index contributed by atoms with van der Waals surface area (Å²) in [6, 6.07) is 0.501. The van der Waals surface area contributed by atoms with E-state index in [9.17, 15) is 4.79 Å². The van der Waals surface area contributed by atoms with Crippen LogP contribution in [0.25, 0.3) is 0 Å². The minimum atomic E-state index is 0.146. The smallest absolute Gasteiger partial charge is 0.217 e. The van der Waals surface area contributed by atoms with Crippen LogP contribution in [0.3, 0.4) is 0 Å². The molecule has 0 aliphatic heterocycles. The minimum Gasteiger partial charge on any atom is -0.353 e. The van der Waals surface area contributed by atoms with E-state index in [1.807, 2.05) is 0 Å². The molecule has 74 valence electrons. The van der Waals surface area contributed by atoms with Crippen LogP contribution in [0.2, 0.25) is 0 Å². The highest BCUT2D eigenvalue weighted by Crippen LogP contribution is 2.49. The van der Waals surface area contributed by atoms with Crippen molar-refractivity contribution in [2.75, 3.05) is 0 Å². The summed E-state index contributed by atoms with van der Waals surface area (Å²) in [6.07, 6.45) is 5.30. The van der Waals surface area contributed by atoms with Crippen LogP contribution in [-0.4, -0.2) is 11.9 Å². The molecular formula is C11H19NO. The second kappa shape index (κ2) is 3.32. The van der Waals surface area contributed by atoms with E-state index in [-0.39, 0.29) is 5.91 Å². The van der Waals surface area contributed by atoms with Gasteiger partial charge in [0.05, 0.1) is 0 Å². The molecule has 2 heteroatoms. The van der Waals surface area contributed by atoms with E-state index in [4.69, 9.17) is 0 Å². The van der Waals surface area contributed by atoms with Crippen LogP contribution < -0.4 is 5.32 Å². The molecule has 2 fully saturated rings. The fraction of sp³-hybridized carbons (Fsp3) is 0.909. The number of hydrogen-bond donors (Lipinski definition) is 1. The van der Waals surface area contributed by atoms with Gasteiger partial charge < -0.3 is 5.32 Å². The van der Waals surface area contributed by atoms with Crippen LogP contribution >= 0.6 is 0 Å². The maximum Gasteiger partial charge on any atom is 0.217 e. The second-order valence-electron chi connectivity index (χ2n) is 4.71. The number of rotatable bonds is 2. The van der Waals surface area contributed by atoms with Crippen LogP contribution in [0.15, 0.2) is 0 Å². The van der Waals surface area contributed by atoms with E-state index in [1.165, 1.54) is 25.7 Å². The Labute approximate surface area is 80.1 Å². The van der Waals surface area contributed by atoms with Gasteiger partial charge in [-0.15, -0.1) is 0 Å². The van der Waals surface area contributed by atoms with Gasteiger partial charge in [0.1, 0.15) is 0 Å². The Morgan fingerprint density at radius 3 is 2.69 bits per heavy atom. The third-order valence-electron chi connectivity index (χ3n) is 3.86. The number of fused-ring (bicyclic) bond motifs is 2. The third kappa shape index (κ3) is 1.59. The zero-order valence-corrected chi connectivity index (χ0v) is 8.55. The lowest BCUT2D eigenvalue weighted by atomic mass is 9.83. The molecule has 2 bridgehead atoms. The quantitative estimate of drug-likeness (QED) is 0.693. The van der Waals surface area contributed by atoms with Crippen molar-refractivity contribution in [2.45, 2.75) is 45.6 Å². The van der Waals surface area contributed by atoms with Crippen molar-refractivity contribution in [3.05, 3.63) is 0 Å². The Morgan fingerprint density at radius 1 is 1.38 bits per heavy atom. The topological polar surface area (TPSA) is 29.1 Å². The van der Waals surface area contributed by atoms with E-state index in [2.05, 4.69) is 12.2 Å². The van der Waals surface area contributed by atoms with Gasteiger partial charge in [-0.05, 0) is 37.0 Å². The minimum absolute atomic E-state index is 0.146. The fourth-order valence-corrected chi connectivity index (χ4v) is 3.39. The maximum atomic E-state index is 11.0. The van der Waals surface area contributed by atoms with Gasteiger partial charge in [0.25, 0.3) is 0 Å². The van der Waals surface area contributed by atoms with E-state index in [0.29, 0.717) is 6.04 Å². The first-order chi connectivity index (χ1) is 6.20. The molecule has 1 amide bonds. The van der Waals surface area contributed by atoms with Gasteiger partial charge in [-0.2, -0.15) is 0 Å². The maximum absolute atomic E-state index is 11.0. The lowest BCUT2D eigenvalue weighted by Crippen LogP contribution is -2.39. The highest BCUT2D eigenvalue weighted by molar-refractivity contribution is 5.73. The number of hydrogen-bond acceptors (Lipinski definition) is 1. The molecule has 0 aromatic carbocycles. The summed E-state index contributed by atoms with van der Waals surface area (Å²) in [7, 11) is 0. The number of carbonyl (C=O) groups is 1. The van der Waals surface area contributed by atoms with Crippen molar-refractivity contribution < 1.29 is 4.79 Å². The van der Waals surface area contributed by atoms with Crippen molar-refractivity contribution in [3.8, 4) is 0 Å². The molecule has 0 radical (unpaired) electrons. The number of amides is 1. The molecule has 2 aliphatic carbocycles. The molecular weight excluding hydrogens is 162 g/mol. The monoisotopic (exact) mass is 181 g/mol. The molecule has 0 saturated heterocycles. The van der Waals surface area contributed by atoms with Crippen molar-refractivity contribution >= 4 is 5.91 Å². The first-order valence-corrected chi connectivity index (χ1v) is 5.47. The van der Waals surface area contributed by atoms with Crippen LogP contribution in [0.5, 0.6) is 0 Å². The summed E-state index contributed by atoms with van der Waals surface area (Å²) in [6.45, 7) is 3.91. The molecule has 2 saturated carbocycles. The van der Waals surface area contributed by atoms with Gasteiger partial charge >= 0.3 is 0 Å². The lowest BCUT2D eigenvalue weighted by Gasteiger charge is -2.29. The zero-order valence-electron chi connectivity index (χ0n) is 8.55. The molecule has 2 aliphatic rings. The summed E-state index contributed by atoms with van der Waals surface area (Å²) in [4.78, 5) is 11.0. The van der Waals surface area contributed by atoms with Gasteiger partial charge in [0.15, 0.2) is 0 Å². The van der Waals surface area contributed by atoms with E-state index in [0.717, 1.165) is 17.8 Å². The zero-order chi connectivity index (χ0) is 9.42. The number of nitrogens with one attached hydrogen (secondary N) is 1. The molecule has 1 N–H and O–H groups in total. The van der Waals surface area contributed by atoms with Crippen LogP contribution in [0.1, 0.15) is 39.5 Å². The normalized spacial score (nSPS) is 42.3. The molecule has 0 aromatic heterocycles. The summed E-state index contributed by atoms with van der Waals surface area (Å²) in [5.74, 6) is 2.73. The average Bonchev–Trinajstić information content (AvgIpc) is 2.60. The summed E-state index contributed by atoms with van der Waals surface area (Å²) in [5, 5.41) is 3.10. The van der Waals surface area contributed by atoms with Crippen molar-refractivity contribution in [1.82, 2.24) is 5.32 Å². The summed E-state index contributed by atoms with van der Waals surface area (Å²) < 4.78 is 0. The molecule has 2 rings (SSSR count). The van der Waals surface area contributed by atoms with E-state index >= 15 is 0 Å². The molecule has 4 atom stereocenters. The Balaban J connectivity index is 1.97. The first kappa shape index (κ1) is 9.04. The first-order valence-electron chi connectivity index (χ1n) is 5.47. The Kier molecular flexibility index (Phi) is 2.31. The van der Waals surface area contributed by atoms with Crippen molar-refractivity contribution in [1.29, 1.82) is 0 Å². The van der Waals surface area contributed by atoms with Crippen molar-refractivity contribution in [3.63, 3.8) is 0 Å². The number of carbonyl (C=O) groups excluding carboxylic acids is 1. The van der Waals surface area contributed by atoms with Gasteiger partial charge in [-0.1, -0.05) is 13.3 Å². The van der Waals surface area contributed by atoms with E-state index < -0.39 is 0 Å². The SMILES string of the molecule is CC[C@@H]1C[C@@H]2C[C@H]1[C@H](NC(C)=O)C2. The molecule has 0 heterocycles. The molecule has 0 unspecified atom stereocenters. The van der Waals surface area contributed by atoms with Crippen LogP contribution in [0, 0.1) is 17.8 Å². The van der Waals surface area contributed by atoms with Gasteiger partial charge in [0.2, 0.25) is 5.91 Å². The molecule has 2 nitrogen and oxygen atoms in total. The molecule has 0 aromatic rings. The van der Waals surface area contributed by atoms with Crippen LogP contribution in [-0.2, 0) is 4.79 Å². The Bertz CT molecular complexity index is 214. The Hall–Kier alpha value is -0.530. The summed E-state index contributed by atoms with van der Waals surface area (Å²) >= 11 is 0. The van der Waals surface area contributed by atoms with Crippen LogP contribution in [0.4, 0.5) is 0 Å². The Morgan fingerprint density at radius 2 is 2.15 bits per heavy atom. The highest BCUT2D eigenvalue weighted by Gasteiger charge is 2.45. The predicted molar refractivity (Wildman–Crippen MR) is 52.2 cm³/mol.